The van der Waals surface area contributed by atoms with E-state index in [1.807, 2.05) is 26.1 Å². The molecule has 2 N–H and O–H groups in total. The maximum atomic E-state index is 11.8. The molecule has 2 aromatic rings. The number of amides is 1. The van der Waals surface area contributed by atoms with E-state index in [4.69, 9.17) is 0 Å². The van der Waals surface area contributed by atoms with Crippen LogP contribution >= 0.6 is 24.8 Å². The number of hydrogen-bond donors (Lipinski definition) is 2. The minimum atomic E-state index is 0. The second kappa shape index (κ2) is 11.8. The van der Waals surface area contributed by atoms with Crippen LogP contribution in [0.4, 0.5) is 0 Å². The number of nitrogens with zero attached hydrogens (tertiary/aromatic N) is 1. The van der Waals surface area contributed by atoms with Crippen LogP contribution in [0.3, 0.4) is 0 Å². The number of pyridine rings is 1. The maximum Gasteiger partial charge on any atom is 0.220 e. The van der Waals surface area contributed by atoms with Gasteiger partial charge >= 0.3 is 0 Å². The summed E-state index contributed by atoms with van der Waals surface area (Å²) in [5.74, 6) is 0.0981. The van der Waals surface area contributed by atoms with Gasteiger partial charge < -0.3 is 10.6 Å². The molecule has 6 heteroatoms. The Morgan fingerprint density at radius 3 is 2.21 bits per heavy atom. The maximum absolute atomic E-state index is 11.8. The second-order valence-electron chi connectivity index (χ2n) is 5.35. The molecule has 0 bridgehead atoms. The predicted molar refractivity (Wildman–Crippen MR) is 104 cm³/mol. The van der Waals surface area contributed by atoms with Crippen LogP contribution in [0.5, 0.6) is 0 Å². The summed E-state index contributed by atoms with van der Waals surface area (Å²) in [4.78, 5) is 15.9. The van der Waals surface area contributed by atoms with Crippen molar-refractivity contribution in [1.82, 2.24) is 15.6 Å². The molecule has 0 aliphatic carbocycles. The van der Waals surface area contributed by atoms with Crippen LogP contribution in [-0.4, -0.2) is 24.5 Å². The second-order valence-corrected chi connectivity index (χ2v) is 5.35. The molecule has 4 nitrogen and oxygen atoms in total. The first-order valence-corrected chi connectivity index (χ1v) is 7.65. The van der Waals surface area contributed by atoms with Gasteiger partial charge in [-0.05, 0) is 55.8 Å². The number of hydrogen-bond acceptors (Lipinski definition) is 3. The van der Waals surface area contributed by atoms with Crippen molar-refractivity contribution in [2.24, 2.45) is 0 Å². The van der Waals surface area contributed by atoms with Gasteiger partial charge in [-0.1, -0.05) is 24.3 Å². The van der Waals surface area contributed by atoms with Crippen LogP contribution in [0.15, 0.2) is 48.8 Å². The van der Waals surface area contributed by atoms with E-state index in [0.29, 0.717) is 6.42 Å². The number of halogens is 2. The molecule has 0 fully saturated rings. The largest absolute Gasteiger partial charge is 0.350 e. The lowest BCUT2D eigenvalue weighted by atomic mass is 10.0. The van der Waals surface area contributed by atoms with E-state index in [9.17, 15) is 4.79 Å². The van der Waals surface area contributed by atoms with Gasteiger partial charge in [0.25, 0.3) is 0 Å². The van der Waals surface area contributed by atoms with Crippen LogP contribution in [0, 0.1) is 0 Å². The van der Waals surface area contributed by atoms with Gasteiger partial charge in [-0.15, -0.1) is 24.8 Å². The van der Waals surface area contributed by atoms with Crippen molar-refractivity contribution < 1.29 is 4.79 Å². The number of carbonyl (C=O) groups excluding carboxylic acids is 1. The van der Waals surface area contributed by atoms with Crippen molar-refractivity contribution in [2.45, 2.75) is 25.8 Å². The summed E-state index contributed by atoms with van der Waals surface area (Å²) in [5.41, 5.74) is 3.41. The average molecular weight is 370 g/mol. The van der Waals surface area contributed by atoms with Crippen molar-refractivity contribution >= 4 is 30.7 Å². The van der Waals surface area contributed by atoms with Crippen molar-refractivity contribution in [3.05, 3.63) is 54.4 Å². The van der Waals surface area contributed by atoms with Gasteiger partial charge in [-0.2, -0.15) is 0 Å². The molecule has 1 aromatic heterocycles. The zero-order chi connectivity index (χ0) is 15.8. The topological polar surface area (TPSA) is 54.0 Å². The van der Waals surface area contributed by atoms with Crippen LogP contribution < -0.4 is 10.6 Å². The van der Waals surface area contributed by atoms with E-state index < -0.39 is 0 Å². The van der Waals surface area contributed by atoms with Crippen molar-refractivity contribution in [1.29, 1.82) is 0 Å². The highest BCUT2D eigenvalue weighted by Gasteiger charge is 2.09. The molecule has 1 heterocycles. The van der Waals surface area contributed by atoms with Crippen LogP contribution in [0.25, 0.3) is 11.1 Å². The molecule has 0 saturated carbocycles. The van der Waals surface area contributed by atoms with Gasteiger partial charge in [0.1, 0.15) is 0 Å². The fraction of sp³-hybridized carbons (Fsp3) is 0.333. The molecule has 1 unspecified atom stereocenters. The van der Waals surface area contributed by atoms with E-state index in [1.165, 1.54) is 0 Å². The minimum absolute atomic E-state index is 0. The zero-order valence-electron chi connectivity index (χ0n) is 14.0. The average Bonchev–Trinajstić information content (AvgIpc) is 2.56. The highest BCUT2D eigenvalue weighted by Crippen LogP contribution is 2.21. The molecule has 1 amide bonds. The fourth-order valence-electron chi connectivity index (χ4n) is 2.33. The molecule has 24 heavy (non-hydrogen) atoms. The number of carbonyl (C=O) groups is 1. The van der Waals surface area contributed by atoms with Gasteiger partial charge in [0.15, 0.2) is 0 Å². The van der Waals surface area contributed by atoms with E-state index in [2.05, 4.69) is 39.9 Å². The third-order valence-corrected chi connectivity index (χ3v) is 3.63. The van der Waals surface area contributed by atoms with Crippen LogP contribution in [0.1, 0.15) is 31.4 Å². The molecule has 0 aliphatic heterocycles. The molecule has 132 valence electrons. The van der Waals surface area contributed by atoms with Crippen molar-refractivity contribution in [3.63, 3.8) is 0 Å². The van der Waals surface area contributed by atoms with Gasteiger partial charge in [-0.3, -0.25) is 9.78 Å². The highest BCUT2D eigenvalue weighted by atomic mass is 35.5. The summed E-state index contributed by atoms with van der Waals surface area (Å²) in [7, 11) is 1.89. The van der Waals surface area contributed by atoms with Crippen molar-refractivity contribution in [2.75, 3.05) is 13.6 Å². The van der Waals surface area contributed by atoms with E-state index in [-0.39, 0.29) is 36.8 Å². The molecule has 0 saturated heterocycles. The lowest BCUT2D eigenvalue weighted by molar-refractivity contribution is -0.121. The predicted octanol–water partition coefficient (Wildman–Crippen LogP) is 3.77. The van der Waals surface area contributed by atoms with Crippen LogP contribution in [0.2, 0.25) is 0 Å². The molecule has 0 spiro atoms. The summed E-state index contributed by atoms with van der Waals surface area (Å²) >= 11 is 0. The van der Waals surface area contributed by atoms with E-state index in [1.54, 1.807) is 12.4 Å². The minimum Gasteiger partial charge on any atom is -0.350 e. The summed E-state index contributed by atoms with van der Waals surface area (Å²) in [6.07, 6.45) is 4.99. The SMILES string of the molecule is CNCCCC(=O)NC(C)c1ccc(-c2ccncc2)cc1.Cl.Cl. The molecular weight excluding hydrogens is 345 g/mol. The number of benzene rings is 1. The third kappa shape index (κ3) is 6.87. The lowest BCUT2D eigenvalue weighted by Gasteiger charge is -2.15. The van der Waals surface area contributed by atoms with Gasteiger partial charge in [-0.25, -0.2) is 0 Å². The molecule has 0 aliphatic rings. The monoisotopic (exact) mass is 369 g/mol. The highest BCUT2D eigenvalue weighted by molar-refractivity contribution is 5.85. The number of nitrogens with one attached hydrogen (secondary N) is 2. The Balaban J connectivity index is 0.00000264. The van der Waals surface area contributed by atoms with E-state index >= 15 is 0 Å². The molecule has 2 rings (SSSR count). The standard InChI is InChI=1S/C18H23N3O.2ClH/c1-14(21-18(22)4-3-11-19-2)15-5-7-16(8-6-15)17-9-12-20-13-10-17;;/h5-10,12-14,19H,3-4,11H2,1-2H3,(H,21,22);2*1H. The number of aromatic nitrogens is 1. The summed E-state index contributed by atoms with van der Waals surface area (Å²) < 4.78 is 0. The molecular formula is C18H25Cl2N3O. The Morgan fingerprint density at radius 2 is 1.62 bits per heavy atom. The van der Waals surface area contributed by atoms with E-state index in [0.717, 1.165) is 29.7 Å². The fourth-order valence-corrected chi connectivity index (χ4v) is 2.33. The Kier molecular flexibility index (Phi) is 11.0. The smallest absolute Gasteiger partial charge is 0.220 e. The first-order chi connectivity index (χ1) is 10.7. The normalized spacial score (nSPS) is 10.9. The summed E-state index contributed by atoms with van der Waals surface area (Å²) in [6, 6.07) is 12.3. The Labute approximate surface area is 156 Å². The number of rotatable bonds is 7. The molecule has 1 aromatic carbocycles. The first-order valence-electron chi connectivity index (χ1n) is 7.65. The van der Waals surface area contributed by atoms with Crippen LogP contribution in [-0.2, 0) is 4.79 Å². The lowest BCUT2D eigenvalue weighted by Crippen LogP contribution is -2.27. The van der Waals surface area contributed by atoms with Gasteiger partial charge in [0.05, 0.1) is 6.04 Å². The third-order valence-electron chi connectivity index (χ3n) is 3.63. The Bertz CT molecular complexity index is 591. The Hall–Kier alpha value is -1.62. The molecule has 1 atom stereocenters. The first kappa shape index (κ1) is 22.4. The van der Waals surface area contributed by atoms with Gasteiger partial charge in [0, 0.05) is 18.8 Å². The van der Waals surface area contributed by atoms with Gasteiger partial charge in [0.2, 0.25) is 5.91 Å². The summed E-state index contributed by atoms with van der Waals surface area (Å²) in [6.45, 7) is 2.87. The Morgan fingerprint density at radius 1 is 1.04 bits per heavy atom. The zero-order valence-corrected chi connectivity index (χ0v) is 15.6. The van der Waals surface area contributed by atoms with Crippen molar-refractivity contribution in [3.8, 4) is 11.1 Å². The molecule has 0 radical (unpaired) electrons. The quantitative estimate of drug-likeness (QED) is 0.730. The summed E-state index contributed by atoms with van der Waals surface area (Å²) in [5, 5.41) is 6.08.